The Morgan fingerprint density at radius 1 is 1.36 bits per heavy atom. The van der Waals surface area contributed by atoms with E-state index in [0.717, 1.165) is 12.8 Å². The Bertz CT molecular complexity index is 201. The van der Waals surface area contributed by atoms with Crippen molar-refractivity contribution in [2.75, 3.05) is 0 Å². The number of fused-ring (bicyclic) bond motifs is 2. The van der Waals surface area contributed by atoms with E-state index in [-0.39, 0.29) is 5.60 Å². The Kier molecular flexibility index (Phi) is 1.15. The van der Waals surface area contributed by atoms with E-state index >= 15 is 0 Å². The van der Waals surface area contributed by atoms with Crippen LogP contribution in [-0.4, -0.2) is 22.3 Å². The summed E-state index contributed by atoms with van der Waals surface area (Å²) in [6.45, 7) is 2.00. The van der Waals surface area contributed by atoms with E-state index in [0.29, 0.717) is 12.8 Å². The van der Waals surface area contributed by atoms with Gasteiger partial charge in [-0.3, -0.25) is 0 Å². The SMILES string of the molecule is CC12CCC(C(=O)O)(CC1)O2. The van der Waals surface area contributed by atoms with E-state index in [2.05, 4.69) is 0 Å². The summed E-state index contributed by atoms with van der Waals surface area (Å²) in [6, 6.07) is 0. The maximum absolute atomic E-state index is 10.8. The summed E-state index contributed by atoms with van der Waals surface area (Å²) in [4.78, 5) is 10.8. The van der Waals surface area contributed by atoms with Gasteiger partial charge in [0.25, 0.3) is 0 Å². The molecule has 0 radical (unpaired) electrons. The predicted molar refractivity (Wildman–Crippen MR) is 38.3 cm³/mol. The highest BCUT2D eigenvalue weighted by atomic mass is 16.6. The Hall–Kier alpha value is -0.570. The highest BCUT2D eigenvalue weighted by Gasteiger charge is 2.57. The number of carboxylic acids is 1. The maximum atomic E-state index is 10.8. The lowest BCUT2D eigenvalue weighted by molar-refractivity contribution is -0.161. The van der Waals surface area contributed by atoms with Crippen LogP contribution < -0.4 is 0 Å². The van der Waals surface area contributed by atoms with Gasteiger partial charge in [0.1, 0.15) is 0 Å². The zero-order valence-corrected chi connectivity index (χ0v) is 6.59. The summed E-state index contributed by atoms with van der Waals surface area (Å²) in [5.74, 6) is -0.779. The van der Waals surface area contributed by atoms with Gasteiger partial charge in [-0.2, -0.15) is 0 Å². The molecule has 3 nitrogen and oxygen atoms in total. The summed E-state index contributed by atoms with van der Waals surface area (Å²) >= 11 is 0. The van der Waals surface area contributed by atoms with Gasteiger partial charge in [-0.05, 0) is 32.6 Å². The molecule has 0 aromatic heterocycles. The lowest BCUT2D eigenvalue weighted by Crippen LogP contribution is -2.35. The average molecular weight is 156 g/mol. The van der Waals surface area contributed by atoms with Crippen molar-refractivity contribution in [3.05, 3.63) is 0 Å². The van der Waals surface area contributed by atoms with Crippen LogP contribution in [0.4, 0.5) is 0 Å². The van der Waals surface area contributed by atoms with Crippen molar-refractivity contribution < 1.29 is 14.6 Å². The van der Waals surface area contributed by atoms with Crippen molar-refractivity contribution in [1.29, 1.82) is 0 Å². The van der Waals surface area contributed by atoms with E-state index in [1.165, 1.54) is 0 Å². The third-order valence-electron chi connectivity index (χ3n) is 2.95. The molecule has 62 valence electrons. The summed E-state index contributed by atoms with van der Waals surface area (Å²) in [6.07, 6.45) is 3.19. The molecule has 0 aromatic rings. The summed E-state index contributed by atoms with van der Waals surface area (Å²) in [5, 5.41) is 8.88. The molecule has 2 heterocycles. The molecule has 2 rings (SSSR count). The molecule has 0 aromatic carbocycles. The van der Waals surface area contributed by atoms with Crippen LogP contribution in [0, 0.1) is 0 Å². The predicted octanol–water partition coefficient (Wildman–Crippen LogP) is 1.17. The van der Waals surface area contributed by atoms with Gasteiger partial charge < -0.3 is 9.84 Å². The second-order valence-corrected chi connectivity index (χ2v) is 3.85. The molecule has 0 aliphatic carbocycles. The first-order chi connectivity index (χ1) is 5.06. The molecule has 2 aliphatic heterocycles. The molecule has 3 heteroatoms. The minimum atomic E-state index is -0.811. The highest BCUT2D eigenvalue weighted by molar-refractivity contribution is 5.78. The van der Waals surface area contributed by atoms with Crippen LogP contribution >= 0.6 is 0 Å². The third kappa shape index (κ3) is 0.805. The summed E-state index contributed by atoms with van der Waals surface area (Å²) in [7, 11) is 0. The van der Waals surface area contributed by atoms with Gasteiger partial charge >= 0.3 is 5.97 Å². The second-order valence-electron chi connectivity index (χ2n) is 3.85. The van der Waals surface area contributed by atoms with Crippen molar-refractivity contribution in [3.63, 3.8) is 0 Å². The van der Waals surface area contributed by atoms with Crippen molar-refractivity contribution in [2.45, 2.75) is 43.8 Å². The molecular weight excluding hydrogens is 144 g/mol. The monoisotopic (exact) mass is 156 g/mol. The van der Waals surface area contributed by atoms with Crippen molar-refractivity contribution in [3.8, 4) is 0 Å². The lowest BCUT2D eigenvalue weighted by atomic mass is 9.83. The quantitative estimate of drug-likeness (QED) is 0.620. The Balaban J connectivity index is 2.27. The number of carboxylic acid groups (broad SMARTS) is 1. The number of hydrogen-bond acceptors (Lipinski definition) is 2. The topological polar surface area (TPSA) is 46.5 Å². The largest absolute Gasteiger partial charge is 0.479 e. The van der Waals surface area contributed by atoms with Crippen molar-refractivity contribution in [2.24, 2.45) is 0 Å². The third-order valence-corrected chi connectivity index (χ3v) is 2.95. The number of aliphatic carboxylic acids is 1. The molecule has 0 spiro atoms. The van der Waals surface area contributed by atoms with Crippen LogP contribution in [0.2, 0.25) is 0 Å². The number of ether oxygens (including phenoxy) is 1. The van der Waals surface area contributed by atoms with Crippen LogP contribution in [0.1, 0.15) is 32.6 Å². The van der Waals surface area contributed by atoms with Crippen LogP contribution in [0.15, 0.2) is 0 Å². The van der Waals surface area contributed by atoms with E-state index in [1.807, 2.05) is 6.92 Å². The minimum Gasteiger partial charge on any atom is -0.479 e. The molecule has 0 unspecified atom stereocenters. The van der Waals surface area contributed by atoms with E-state index in [1.54, 1.807) is 0 Å². The van der Waals surface area contributed by atoms with E-state index in [9.17, 15) is 4.79 Å². The van der Waals surface area contributed by atoms with Crippen LogP contribution in [0.25, 0.3) is 0 Å². The van der Waals surface area contributed by atoms with Gasteiger partial charge in [-0.1, -0.05) is 0 Å². The molecule has 2 fully saturated rings. The summed E-state index contributed by atoms with van der Waals surface area (Å²) in [5.41, 5.74) is -0.937. The Labute approximate surface area is 65.4 Å². The van der Waals surface area contributed by atoms with Crippen molar-refractivity contribution >= 4 is 5.97 Å². The second kappa shape index (κ2) is 1.78. The minimum absolute atomic E-state index is 0.127. The fraction of sp³-hybridized carbons (Fsp3) is 0.875. The number of carbonyl (C=O) groups is 1. The van der Waals surface area contributed by atoms with Crippen LogP contribution in [-0.2, 0) is 9.53 Å². The molecule has 1 N–H and O–H groups in total. The zero-order valence-electron chi connectivity index (χ0n) is 6.59. The van der Waals surface area contributed by atoms with Gasteiger partial charge in [-0.15, -0.1) is 0 Å². The molecule has 2 saturated heterocycles. The maximum Gasteiger partial charge on any atom is 0.335 e. The smallest absolute Gasteiger partial charge is 0.335 e. The van der Waals surface area contributed by atoms with E-state index in [4.69, 9.17) is 9.84 Å². The molecular formula is C8H12O3. The standard InChI is InChI=1S/C8H12O3/c1-7-2-4-8(11-7,5-3-7)6(9)10/h2-5H2,1H3,(H,9,10). The van der Waals surface area contributed by atoms with Gasteiger partial charge in [0.15, 0.2) is 5.60 Å². The van der Waals surface area contributed by atoms with E-state index < -0.39 is 11.6 Å². The number of rotatable bonds is 1. The van der Waals surface area contributed by atoms with Crippen LogP contribution in [0.3, 0.4) is 0 Å². The van der Waals surface area contributed by atoms with Gasteiger partial charge in [0, 0.05) is 0 Å². The van der Waals surface area contributed by atoms with Gasteiger partial charge in [-0.25, -0.2) is 4.79 Å². The fourth-order valence-corrected chi connectivity index (χ4v) is 2.12. The molecule has 0 saturated carbocycles. The van der Waals surface area contributed by atoms with Crippen molar-refractivity contribution in [1.82, 2.24) is 0 Å². The molecule has 11 heavy (non-hydrogen) atoms. The van der Waals surface area contributed by atoms with Gasteiger partial charge in [0.2, 0.25) is 0 Å². The normalized spacial score (nSPS) is 48.1. The molecule has 0 amide bonds. The highest BCUT2D eigenvalue weighted by Crippen LogP contribution is 2.50. The molecule has 2 aliphatic rings. The fourth-order valence-electron chi connectivity index (χ4n) is 2.12. The number of hydrogen-bond donors (Lipinski definition) is 1. The first kappa shape index (κ1) is 7.10. The average Bonchev–Trinajstić information content (AvgIpc) is 2.42. The Morgan fingerprint density at radius 3 is 2.09 bits per heavy atom. The first-order valence-corrected chi connectivity index (χ1v) is 4.00. The molecule has 0 atom stereocenters. The summed E-state index contributed by atoms with van der Waals surface area (Å²) < 4.78 is 5.51. The zero-order chi connectivity index (χ0) is 8.11. The van der Waals surface area contributed by atoms with Gasteiger partial charge in [0.05, 0.1) is 5.60 Å². The lowest BCUT2D eigenvalue weighted by Gasteiger charge is -2.17. The van der Waals surface area contributed by atoms with Crippen LogP contribution in [0.5, 0.6) is 0 Å². The Morgan fingerprint density at radius 2 is 1.91 bits per heavy atom. The first-order valence-electron chi connectivity index (χ1n) is 4.00. The molecule has 2 bridgehead atoms.